The first-order valence-electron chi connectivity index (χ1n) is 8.52. The standard InChI is InChI=1S/C20H25N3O2.ClH/c1-3-20(4-2,14-21)19(25)23-17-12-8-11-16(13-17)22-18(24)15-9-6-5-7-10-15;/h5-13H,3-4,14,21H2,1-2H3,(H,22,24)(H,23,25);1H. The quantitative estimate of drug-likeness (QED) is 0.682. The van der Waals surface area contributed by atoms with Crippen LogP contribution < -0.4 is 16.4 Å². The minimum Gasteiger partial charge on any atom is -0.329 e. The monoisotopic (exact) mass is 375 g/mol. The van der Waals surface area contributed by atoms with Gasteiger partial charge in [0.15, 0.2) is 0 Å². The van der Waals surface area contributed by atoms with Crippen LogP contribution in [0.25, 0.3) is 0 Å². The van der Waals surface area contributed by atoms with Crippen LogP contribution in [-0.2, 0) is 4.79 Å². The maximum absolute atomic E-state index is 12.6. The van der Waals surface area contributed by atoms with Gasteiger partial charge < -0.3 is 16.4 Å². The molecule has 140 valence electrons. The van der Waals surface area contributed by atoms with E-state index in [0.717, 1.165) is 0 Å². The lowest BCUT2D eigenvalue weighted by Crippen LogP contribution is -2.41. The van der Waals surface area contributed by atoms with Crippen LogP contribution in [0, 0.1) is 5.41 Å². The third-order valence-corrected chi connectivity index (χ3v) is 4.64. The summed E-state index contributed by atoms with van der Waals surface area (Å²) in [6, 6.07) is 16.1. The van der Waals surface area contributed by atoms with Crippen molar-refractivity contribution in [3.63, 3.8) is 0 Å². The number of hydrogen-bond acceptors (Lipinski definition) is 3. The van der Waals surface area contributed by atoms with Crippen molar-refractivity contribution in [2.45, 2.75) is 26.7 Å². The topological polar surface area (TPSA) is 84.2 Å². The summed E-state index contributed by atoms with van der Waals surface area (Å²) < 4.78 is 0. The second kappa shape index (κ2) is 9.94. The number of rotatable bonds is 7. The van der Waals surface area contributed by atoms with Crippen molar-refractivity contribution >= 4 is 35.6 Å². The molecule has 0 unspecified atom stereocenters. The highest BCUT2D eigenvalue weighted by atomic mass is 35.5. The van der Waals surface area contributed by atoms with Crippen molar-refractivity contribution in [3.8, 4) is 0 Å². The van der Waals surface area contributed by atoms with Crippen molar-refractivity contribution in [2.75, 3.05) is 17.2 Å². The average molecular weight is 376 g/mol. The Bertz CT molecular complexity index is 723. The molecule has 0 heterocycles. The van der Waals surface area contributed by atoms with E-state index in [1.165, 1.54) is 0 Å². The third kappa shape index (κ3) is 5.07. The van der Waals surface area contributed by atoms with Crippen LogP contribution in [0.5, 0.6) is 0 Å². The van der Waals surface area contributed by atoms with E-state index in [1.54, 1.807) is 36.4 Å². The van der Waals surface area contributed by atoms with Crippen molar-refractivity contribution in [1.82, 2.24) is 0 Å². The van der Waals surface area contributed by atoms with Crippen molar-refractivity contribution in [1.29, 1.82) is 0 Å². The van der Waals surface area contributed by atoms with Crippen LogP contribution in [0.4, 0.5) is 11.4 Å². The first-order valence-corrected chi connectivity index (χ1v) is 8.52. The molecule has 0 fully saturated rings. The van der Waals surface area contributed by atoms with Gasteiger partial charge in [0.2, 0.25) is 5.91 Å². The van der Waals surface area contributed by atoms with Crippen molar-refractivity contribution in [3.05, 3.63) is 60.2 Å². The Balaban J connectivity index is 0.00000338. The summed E-state index contributed by atoms with van der Waals surface area (Å²) in [5.41, 5.74) is 7.10. The largest absolute Gasteiger partial charge is 0.329 e. The molecule has 0 atom stereocenters. The van der Waals surface area contributed by atoms with Crippen molar-refractivity contribution < 1.29 is 9.59 Å². The lowest BCUT2D eigenvalue weighted by molar-refractivity contribution is -0.125. The SMILES string of the molecule is CCC(CC)(CN)C(=O)Nc1cccc(NC(=O)c2ccccc2)c1.Cl. The zero-order chi connectivity index (χ0) is 18.3. The van der Waals surface area contributed by atoms with Crippen molar-refractivity contribution in [2.24, 2.45) is 11.1 Å². The van der Waals surface area contributed by atoms with E-state index in [2.05, 4.69) is 10.6 Å². The molecule has 6 heteroatoms. The average Bonchev–Trinajstić information content (AvgIpc) is 2.64. The Labute approximate surface area is 160 Å². The summed E-state index contributed by atoms with van der Waals surface area (Å²) in [4.78, 5) is 24.8. The van der Waals surface area contributed by atoms with Crippen LogP contribution in [0.15, 0.2) is 54.6 Å². The fraction of sp³-hybridized carbons (Fsp3) is 0.300. The summed E-state index contributed by atoms with van der Waals surface area (Å²) in [7, 11) is 0. The molecular formula is C20H26ClN3O2. The second-order valence-electron chi connectivity index (χ2n) is 6.05. The first-order chi connectivity index (χ1) is 12.0. The number of benzene rings is 2. The number of nitrogens with one attached hydrogen (secondary N) is 2. The molecule has 4 N–H and O–H groups in total. The van der Waals surface area contributed by atoms with Gasteiger partial charge in [-0.15, -0.1) is 12.4 Å². The number of halogens is 1. The summed E-state index contributed by atoms with van der Waals surface area (Å²) in [5.74, 6) is -0.283. The Morgan fingerprint density at radius 3 is 2.04 bits per heavy atom. The third-order valence-electron chi connectivity index (χ3n) is 4.64. The van der Waals surface area contributed by atoms with Gasteiger partial charge in [0.25, 0.3) is 5.91 Å². The van der Waals surface area contributed by atoms with Crippen LogP contribution >= 0.6 is 12.4 Å². The molecule has 0 saturated carbocycles. The number of hydrogen-bond donors (Lipinski definition) is 3. The van der Waals surface area contributed by atoms with Gasteiger partial charge in [0.1, 0.15) is 0 Å². The van der Waals surface area contributed by atoms with Gasteiger partial charge in [-0.05, 0) is 43.2 Å². The molecule has 0 bridgehead atoms. The van der Waals surface area contributed by atoms with Gasteiger partial charge in [0.05, 0.1) is 5.41 Å². The second-order valence-corrected chi connectivity index (χ2v) is 6.05. The predicted molar refractivity (Wildman–Crippen MR) is 109 cm³/mol. The highest BCUT2D eigenvalue weighted by molar-refractivity contribution is 6.04. The molecule has 2 aromatic rings. The molecular weight excluding hydrogens is 350 g/mol. The Morgan fingerprint density at radius 2 is 1.50 bits per heavy atom. The van der Waals surface area contributed by atoms with E-state index in [0.29, 0.717) is 36.3 Å². The van der Waals surface area contributed by atoms with E-state index < -0.39 is 5.41 Å². The molecule has 0 radical (unpaired) electrons. The molecule has 26 heavy (non-hydrogen) atoms. The van der Waals surface area contributed by atoms with E-state index in [9.17, 15) is 9.59 Å². The number of amides is 2. The minimum absolute atomic E-state index is 0. The fourth-order valence-electron chi connectivity index (χ4n) is 2.68. The van der Waals surface area contributed by atoms with Crippen LogP contribution in [0.2, 0.25) is 0 Å². The highest BCUT2D eigenvalue weighted by Gasteiger charge is 2.33. The van der Waals surface area contributed by atoms with Gasteiger partial charge in [-0.3, -0.25) is 9.59 Å². The number of anilines is 2. The highest BCUT2D eigenvalue weighted by Crippen LogP contribution is 2.27. The molecule has 5 nitrogen and oxygen atoms in total. The lowest BCUT2D eigenvalue weighted by Gasteiger charge is -2.28. The normalized spacial score (nSPS) is 10.6. The molecule has 0 aromatic heterocycles. The van der Waals surface area contributed by atoms with Crippen LogP contribution in [0.1, 0.15) is 37.0 Å². The lowest BCUT2D eigenvalue weighted by atomic mass is 9.81. The summed E-state index contributed by atoms with van der Waals surface area (Å²) >= 11 is 0. The molecule has 0 aliphatic carbocycles. The molecule has 0 aliphatic rings. The van der Waals surface area contributed by atoms with Crippen LogP contribution in [-0.4, -0.2) is 18.4 Å². The molecule has 2 aromatic carbocycles. The van der Waals surface area contributed by atoms with Gasteiger partial charge in [-0.1, -0.05) is 38.1 Å². The Kier molecular flexibility index (Phi) is 8.29. The van der Waals surface area contributed by atoms with E-state index in [4.69, 9.17) is 5.73 Å². The van der Waals surface area contributed by atoms with Gasteiger partial charge in [0, 0.05) is 23.5 Å². The summed E-state index contributed by atoms with van der Waals surface area (Å²) in [6.45, 7) is 4.23. The van der Waals surface area contributed by atoms with Gasteiger partial charge >= 0.3 is 0 Å². The fourth-order valence-corrected chi connectivity index (χ4v) is 2.68. The minimum atomic E-state index is -0.566. The molecule has 2 amide bonds. The van der Waals surface area contributed by atoms with E-state index >= 15 is 0 Å². The first kappa shape index (κ1) is 21.7. The number of carbonyl (C=O) groups excluding carboxylic acids is 2. The maximum Gasteiger partial charge on any atom is 0.255 e. The molecule has 0 saturated heterocycles. The summed E-state index contributed by atoms with van der Waals surface area (Å²) in [5, 5.41) is 5.76. The molecule has 0 aliphatic heterocycles. The zero-order valence-electron chi connectivity index (χ0n) is 15.1. The summed E-state index contributed by atoms with van der Waals surface area (Å²) in [6.07, 6.45) is 1.35. The maximum atomic E-state index is 12.6. The number of carbonyl (C=O) groups is 2. The van der Waals surface area contributed by atoms with E-state index in [-0.39, 0.29) is 24.2 Å². The smallest absolute Gasteiger partial charge is 0.255 e. The predicted octanol–water partition coefficient (Wildman–Crippen LogP) is 4.06. The Morgan fingerprint density at radius 1 is 0.923 bits per heavy atom. The molecule has 2 rings (SSSR count). The number of nitrogens with two attached hydrogens (primary N) is 1. The Hall–Kier alpha value is -2.37. The zero-order valence-corrected chi connectivity index (χ0v) is 15.9. The van der Waals surface area contributed by atoms with Crippen LogP contribution in [0.3, 0.4) is 0 Å². The van der Waals surface area contributed by atoms with Gasteiger partial charge in [-0.25, -0.2) is 0 Å². The van der Waals surface area contributed by atoms with E-state index in [1.807, 2.05) is 32.0 Å². The molecule has 0 spiro atoms. The van der Waals surface area contributed by atoms with Gasteiger partial charge in [-0.2, -0.15) is 0 Å².